The van der Waals surface area contributed by atoms with Crippen LogP contribution in [0.4, 0.5) is 0 Å². The highest BCUT2D eigenvalue weighted by molar-refractivity contribution is 5.76. The summed E-state index contributed by atoms with van der Waals surface area (Å²) in [5.74, 6) is 0.693. The molecular weight excluding hydrogens is 266 g/mol. The molecule has 21 heavy (non-hydrogen) atoms. The molecular formula is C17H31NO3. The molecule has 4 atom stereocenters. The number of ether oxygens (including phenoxy) is 2. The zero-order valence-electron chi connectivity index (χ0n) is 14.0. The van der Waals surface area contributed by atoms with Crippen molar-refractivity contribution in [1.82, 2.24) is 5.32 Å². The molecule has 0 bridgehead atoms. The molecule has 0 aromatic heterocycles. The molecule has 0 radical (unpaired) electrons. The lowest BCUT2D eigenvalue weighted by molar-refractivity contribution is -0.130. The van der Waals surface area contributed by atoms with E-state index in [0.29, 0.717) is 18.9 Å². The van der Waals surface area contributed by atoms with E-state index in [4.69, 9.17) is 9.47 Å². The fourth-order valence-corrected chi connectivity index (χ4v) is 3.06. The molecule has 0 aromatic carbocycles. The minimum absolute atomic E-state index is 0.0856. The topological polar surface area (TPSA) is 47.6 Å². The van der Waals surface area contributed by atoms with Crippen molar-refractivity contribution in [2.75, 3.05) is 13.2 Å². The number of carbonyl (C=O) groups is 1. The second-order valence-corrected chi connectivity index (χ2v) is 7.66. The van der Waals surface area contributed by atoms with Crippen molar-refractivity contribution in [2.45, 2.75) is 78.1 Å². The van der Waals surface area contributed by atoms with Crippen molar-refractivity contribution in [3.05, 3.63) is 0 Å². The smallest absolute Gasteiger partial charge is 0.222 e. The quantitative estimate of drug-likeness (QED) is 0.868. The summed E-state index contributed by atoms with van der Waals surface area (Å²) >= 11 is 0. The van der Waals surface area contributed by atoms with Gasteiger partial charge in [-0.05, 0) is 43.9 Å². The van der Waals surface area contributed by atoms with Gasteiger partial charge in [-0.1, -0.05) is 20.8 Å². The van der Waals surface area contributed by atoms with Gasteiger partial charge in [0.05, 0.1) is 31.3 Å². The summed E-state index contributed by atoms with van der Waals surface area (Å²) in [4.78, 5) is 12.0. The molecule has 2 heterocycles. The van der Waals surface area contributed by atoms with Crippen LogP contribution in [0.25, 0.3) is 0 Å². The zero-order chi connectivity index (χ0) is 15.5. The lowest BCUT2D eigenvalue weighted by Gasteiger charge is -2.35. The lowest BCUT2D eigenvalue weighted by Crippen LogP contribution is -2.41. The number of carbonyl (C=O) groups excluding carboxylic acids is 1. The third kappa shape index (κ3) is 5.26. The van der Waals surface area contributed by atoms with Crippen LogP contribution < -0.4 is 5.32 Å². The van der Waals surface area contributed by atoms with E-state index in [9.17, 15) is 4.79 Å². The molecule has 0 saturated carbocycles. The van der Waals surface area contributed by atoms with Gasteiger partial charge < -0.3 is 14.8 Å². The van der Waals surface area contributed by atoms with Crippen molar-refractivity contribution in [2.24, 2.45) is 11.3 Å². The van der Waals surface area contributed by atoms with E-state index >= 15 is 0 Å². The summed E-state index contributed by atoms with van der Waals surface area (Å²) in [5.41, 5.74) is 0.281. The Morgan fingerprint density at radius 2 is 1.95 bits per heavy atom. The molecule has 2 rings (SSSR count). The van der Waals surface area contributed by atoms with Gasteiger partial charge in [-0.2, -0.15) is 0 Å². The molecule has 4 heteroatoms. The summed E-state index contributed by atoms with van der Waals surface area (Å²) in [6.07, 6.45) is 5.34. The van der Waals surface area contributed by atoms with Crippen LogP contribution in [-0.2, 0) is 14.3 Å². The van der Waals surface area contributed by atoms with Crippen LogP contribution in [0.1, 0.15) is 59.8 Å². The Morgan fingerprint density at radius 3 is 2.57 bits per heavy atom. The molecule has 1 amide bonds. The Hall–Kier alpha value is -0.610. The molecule has 2 fully saturated rings. The average molecular weight is 297 g/mol. The highest BCUT2D eigenvalue weighted by Gasteiger charge is 2.29. The second-order valence-electron chi connectivity index (χ2n) is 7.66. The van der Waals surface area contributed by atoms with Gasteiger partial charge in [-0.15, -0.1) is 0 Å². The van der Waals surface area contributed by atoms with E-state index < -0.39 is 0 Å². The van der Waals surface area contributed by atoms with Crippen LogP contribution in [0.2, 0.25) is 0 Å². The Morgan fingerprint density at radius 1 is 1.19 bits per heavy atom. The normalized spacial score (nSPS) is 36.2. The van der Waals surface area contributed by atoms with E-state index in [1.807, 2.05) is 0 Å². The van der Waals surface area contributed by atoms with Crippen molar-refractivity contribution in [3.63, 3.8) is 0 Å². The summed E-state index contributed by atoms with van der Waals surface area (Å²) in [7, 11) is 0. The highest BCUT2D eigenvalue weighted by Crippen LogP contribution is 2.29. The van der Waals surface area contributed by atoms with Crippen molar-refractivity contribution in [3.8, 4) is 0 Å². The predicted octanol–water partition coefficient (Wildman–Crippen LogP) is 2.90. The van der Waals surface area contributed by atoms with Crippen LogP contribution in [0.5, 0.6) is 0 Å². The van der Waals surface area contributed by atoms with Gasteiger partial charge in [0.25, 0.3) is 0 Å². The first-order chi connectivity index (χ1) is 9.85. The van der Waals surface area contributed by atoms with Gasteiger partial charge in [0.15, 0.2) is 0 Å². The average Bonchev–Trinajstić information content (AvgIpc) is 2.42. The first-order valence-electron chi connectivity index (χ1n) is 8.39. The maximum atomic E-state index is 12.0. The molecule has 2 saturated heterocycles. The van der Waals surface area contributed by atoms with E-state index in [1.165, 1.54) is 0 Å². The Balaban J connectivity index is 1.64. The van der Waals surface area contributed by atoms with Crippen molar-refractivity contribution >= 4 is 5.91 Å². The van der Waals surface area contributed by atoms with Crippen LogP contribution in [0.15, 0.2) is 0 Å². The number of rotatable bonds is 4. The zero-order valence-corrected chi connectivity index (χ0v) is 14.0. The molecule has 4 unspecified atom stereocenters. The van der Waals surface area contributed by atoms with Gasteiger partial charge in [-0.25, -0.2) is 0 Å². The molecule has 0 spiro atoms. The summed E-state index contributed by atoms with van der Waals surface area (Å²) < 4.78 is 11.7. The van der Waals surface area contributed by atoms with Crippen molar-refractivity contribution in [1.29, 1.82) is 0 Å². The number of hydrogen-bond donors (Lipinski definition) is 1. The van der Waals surface area contributed by atoms with E-state index in [-0.39, 0.29) is 29.6 Å². The molecule has 4 nitrogen and oxygen atoms in total. The maximum Gasteiger partial charge on any atom is 0.222 e. The van der Waals surface area contributed by atoms with E-state index in [2.05, 4.69) is 33.0 Å². The van der Waals surface area contributed by atoms with Crippen LogP contribution in [-0.4, -0.2) is 37.4 Å². The van der Waals surface area contributed by atoms with Gasteiger partial charge in [0, 0.05) is 6.54 Å². The summed E-state index contributed by atoms with van der Waals surface area (Å²) in [6.45, 7) is 10.2. The fraction of sp³-hybridized carbons (Fsp3) is 0.941. The second kappa shape index (κ2) is 7.10. The third-order valence-electron chi connectivity index (χ3n) is 4.95. The molecule has 2 aliphatic heterocycles. The monoisotopic (exact) mass is 297 g/mol. The SMILES string of the molecule is CC1CCC(CC(=O)NCC2CCC(C)(C)CO2)OC1C. The Kier molecular flexibility index (Phi) is 5.67. The minimum atomic E-state index is 0.0856. The van der Waals surface area contributed by atoms with E-state index in [0.717, 1.165) is 32.3 Å². The number of nitrogens with one attached hydrogen (secondary N) is 1. The molecule has 122 valence electrons. The minimum Gasteiger partial charge on any atom is -0.376 e. The Bertz CT molecular complexity index is 346. The van der Waals surface area contributed by atoms with Crippen LogP contribution in [0.3, 0.4) is 0 Å². The molecule has 0 aliphatic carbocycles. The third-order valence-corrected chi connectivity index (χ3v) is 4.95. The summed E-state index contributed by atoms with van der Waals surface area (Å²) in [6, 6.07) is 0. The lowest BCUT2D eigenvalue weighted by atomic mass is 9.85. The standard InChI is InChI=1S/C17H31NO3/c1-12-5-6-14(21-13(12)2)9-16(19)18-10-15-7-8-17(3,4)11-20-15/h12-15H,5-11H2,1-4H3,(H,18,19). The number of amides is 1. The fourth-order valence-electron chi connectivity index (χ4n) is 3.06. The van der Waals surface area contributed by atoms with Gasteiger partial charge in [-0.3, -0.25) is 4.79 Å². The largest absolute Gasteiger partial charge is 0.376 e. The first-order valence-corrected chi connectivity index (χ1v) is 8.39. The van der Waals surface area contributed by atoms with Crippen LogP contribution >= 0.6 is 0 Å². The van der Waals surface area contributed by atoms with E-state index in [1.54, 1.807) is 0 Å². The number of hydrogen-bond acceptors (Lipinski definition) is 3. The maximum absolute atomic E-state index is 12.0. The molecule has 2 aliphatic rings. The Labute approximate surface area is 129 Å². The molecule has 1 N–H and O–H groups in total. The van der Waals surface area contributed by atoms with Gasteiger partial charge in [0.1, 0.15) is 0 Å². The van der Waals surface area contributed by atoms with Gasteiger partial charge in [0.2, 0.25) is 5.91 Å². The van der Waals surface area contributed by atoms with Crippen LogP contribution in [0, 0.1) is 11.3 Å². The first kappa shape index (κ1) is 16.8. The van der Waals surface area contributed by atoms with Crippen molar-refractivity contribution < 1.29 is 14.3 Å². The highest BCUT2D eigenvalue weighted by atomic mass is 16.5. The molecule has 0 aromatic rings. The summed E-state index contributed by atoms with van der Waals surface area (Å²) in [5, 5.41) is 3.01. The predicted molar refractivity (Wildman–Crippen MR) is 83.1 cm³/mol. The van der Waals surface area contributed by atoms with Gasteiger partial charge >= 0.3 is 0 Å².